The molecule has 0 amide bonds. The van der Waals surface area contributed by atoms with Crippen molar-refractivity contribution in [2.75, 3.05) is 26.3 Å². The molecule has 0 saturated carbocycles. The topological polar surface area (TPSA) is 67.8 Å². The highest BCUT2D eigenvalue weighted by atomic mass is 19.1. The number of guanidine groups is 1. The smallest absolute Gasteiger partial charge is 0.219 e. The summed E-state index contributed by atoms with van der Waals surface area (Å²) in [5.74, 6) is 1.40. The Morgan fingerprint density at radius 1 is 1.15 bits per heavy atom. The molecule has 7 heteroatoms. The van der Waals surface area contributed by atoms with Gasteiger partial charge in [0.25, 0.3) is 0 Å². The van der Waals surface area contributed by atoms with E-state index in [4.69, 9.17) is 9.47 Å². The van der Waals surface area contributed by atoms with Crippen molar-refractivity contribution in [3.63, 3.8) is 0 Å². The quantitative estimate of drug-likeness (QED) is 0.409. The number of ether oxygens (including phenoxy) is 2. The number of aromatic nitrogens is 1. The molecule has 0 radical (unpaired) electrons. The van der Waals surface area contributed by atoms with Gasteiger partial charge in [-0.1, -0.05) is 0 Å². The van der Waals surface area contributed by atoms with Crippen molar-refractivity contribution >= 4 is 5.96 Å². The van der Waals surface area contributed by atoms with Crippen LogP contribution in [0.2, 0.25) is 0 Å². The van der Waals surface area contributed by atoms with Crippen LogP contribution in [0, 0.1) is 5.82 Å². The Hall–Kier alpha value is -2.67. The molecule has 6 nitrogen and oxygen atoms in total. The minimum atomic E-state index is -0.304. The van der Waals surface area contributed by atoms with E-state index >= 15 is 0 Å². The Morgan fingerprint density at radius 3 is 2.69 bits per heavy atom. The average molecular weight is 360 g/mol. The van der Waals surface area contributed by atoms with E-state index in [1.54, 1.807) is 18.3 Å². The van der Waals surface area contributed by atoms with Gasteiger partial charge in [0, 0.05) is 32.0 Å². The third-order valence-corrected chi connectivity index (χ3v) is 3.34. The highest BCUT2D eigenvalue weighted by Gasteiger charge is 2.02. The van der Waals surface area contributed by atoms with Gasteiger partial charge in [-0.05, 0) is 49.7 Å². The summed E-state index contributed by atoms with van der Waals surface area (Å²) in [7, 11) is 0. The summed E-state index contributed by atoms with van der Waals surface area (Å²) in [6.07, 6.45) is 1.67. The van der Waals surface area contributed by atoms with Crippen LogP contribution in [0.5, 0.6) is 11.6 Å². The molecule has 2 rings (SSSR count). The summed E-state index contributed by atoms with van der Waals surface area (Å²) in [5.41, 5.74) is 0.958. The van der Waals surface area contributed by atoms with Crippen LogP contribution in [0.3, 0.4) is 0 Å². The summed E-state index contributed by atoms with van der Waals surface area (Å²) in [6, 6.07) is 9.52. The first-order valence-electron chi connectivity index (χ1n) is 8.69. The molecule has 2 aromatic rings. The number of pyridine rings is 1. The van der Waals surface area contributed by atoms with Crippen molar-refractivity contribution in [1.29, 1.82) is 0 Å². The maximum absolute atomic E-state index is 13.0. The van der Waals surface area contributed by atoms with Crippen molar-refractivity contribution in [3.05, 3.63) is 54.0 Å². The summed E-state index contributed by atoms with van der Waals surface area (Å²) in [4.78, 5) is 8.73. The molecule has 0 fully saturated rings. The Kier molecular flexibility index (Phi) is 8.35. The molecule has 0 saturated heterocycles. The zero-order valence-electron chi connectivity index (χ0n) is 15.2. The summed E-state index contributed by atoms with van der Waals surface area (Å²) >= 11 is 0. The van der Waals surface area contributed by atoms with Gasteiger partial charge in [0.05, 0.1) is 13.2 Å². The Labute approximate surface area is 153 Å². The fourth-order valence-corrected chi connectivity index (χ4v) is 2.13. The molecular weight excluding hydrogens is 335 g/mol. The molecule has 0 bridgehead atoms. The number of benzene rings is 1. The van der Waals surface area contributed by atoms with Crippen molar-refractivity contribution in [2.45, 2.75) is 20.4 Å². The summed E-state index contributed by atoms with van der Waals surface area (Å²) in [5, 5.41) is 6.41. The van der Waals surface area contributed by atoms with E-state index in [1.807, 2.05) is 26.0 Å². The number of hydrogen-bond donors (Lipinski definition) is 2. The second-order valence-corrected chi connectivity index (χ2v) is 5.38. The second-order valence-electron chi connectivity index (χ2n) is 5.38. The van der Waals surface area contributed by atoms with E-state index in [0.717, 1.165) is 18.1 Å². The van der Waals surface area contributed by atoms with Crippen molar-refractivity contribution in [2.24, 2.45) is 4.99 Å². The Bertz CT molecular complexity index is 692. The monoisotopic (exact) mass is 360 g/mol. The third-order valence-electron chi connectivity index (χ3n) is 3.34. The molecule has 0 spiro atoms. The van der Waals surface area contributed by atoms with Crippen LogP contribution < -0.4 is 15.4 Å². The maximum Gasteiger partial charge on any atom is 0.219 e. The van der Waals surface area contributed by atoms with Crippen LogP contribution in [-0.4, -0.2) is 37.2 Å². The molecule has 0 unspecified atom stereocenters. The lowest BCUT2D eigenvalue weighted by molar-refractivity contribution is 0.152. The van der Waals surface area contributed by atoms with Gasteiger partial charge in [0.1, 0.15) is 11.6 Å². The predicted molar refractivity (Wildman–Crippen MR) is 100 cm³/mol. The van der Waals surface area contributed by atoms with Crippen LogP contribution in [0.25, 0.3) is 0 Å². The van der Waals surface area contributed by atoms with E-state index in [1.165, 1.54) is 12.1 Å². The lowest BCUT2D eigenvalue weighted by Crippen LogP contribution is -2.39. The van der Waals surface area contributed by atoms with E-state index in [0.29, 0.717) is 37.9 Å². The normalized spacial score (nSPS) is 11.3. The number of aliphatic imine (C=N–C) groups is 1. The third kappa shape index (κ3) is 7.06. The van der Waals surface area contributed by atoms with Gasteiger partial charge in [0.2, 0.25) is 5.88 Å². The van der Waals surface area contributed by atoms with Gasteiger partial charge in [-0.2, -0.15) is 0 Å². The highest BCUT2D eigenvalue weighted by Crippen LogP contribution is 2.20. The lowest BCUT2D eigenvalue weighted by atomic mass is 10.2. The van der Waals surface area contributed by atoms with Gasteiger partial charge >= 0.3 is 0 Å². The number of halogens is 1. The number of nitrogens with one attached hydrogen (secondary N) is 2. The fraction of sp³-hybridized carbons (Fsp3) is 0.368. The molecular formula is C19H25FN4O2. The van der Waals surface area contributed by atoms with Crippen LogP contribution in [0.1, 0.15) is 19.4 Å². The Morgan fingerprint density at radius 2 is 1.96 bits per heavy atom. The van der Waals surface area contributed by atoms with Gasteiger partial charge in [-0.15, -0.1) is 0 Å². The maximum atomic E-state index is 13.0. The summed E-state index contributed by atoms with van der Waals surface area (Å²) in [6.45, 7) is 7.25. The number of nitrogens with zero attached hydrogens (tertiary/aromatic N) is 2. The molecule has 140 valence electrons. The summed E-state index contributed by atoms with van der Waals surface area (Å²) < 4.78 is 23.9. The molecule has 1 heterocycles. The van der Waals surface area contributed by atoms with Gasteiger partial charge in [-0.3, -0.25) is 0 Å². The molecule has 0 aliphatic carbocycles. The standard InChI is InChI=1S/C19H25FN4O2/c1-3-21-19(23-11-12-25-4-2)24-14-15-9-10-22-18(13-15)26-17-7-5-16(20)6-8-17/h5-10,13H,3-4,11-12,14H2,1-2H3,(H2,21,23,24). The predicted octanol–water partition coefficient (Wildman–Crippen LogP) is 3.10. The molecule has 0 aliphatic heterocycles. The Balaban J connectivity index is 1.95. The van der Waals surface area contributed by atoms with Crippen LogP contribution in [-0.2, 0) is 11.3 Å². The minimum Gasteiger partial charge on any atom is -0.439 e. The van der Waals surface area contributed by atoms with Gasteiger partial charge in [-0.25, -0.2) is 14.4 Å². The van der Waals surface area contributed by atoms with Crippen LogP contribution in [0.4, 0.5) is 4.39 Å². The van der Waals surface area contributed by atoms with Gasteiger partial charge < -0.3 is 20.1 Å². The van der Waals surface area contributed by atoms with E-state index in [2.05, 4.69) is 20.6 Å². The second kappa shape index (κ2) is 11.0. The first-order chi connectivity index (χ1) is 12.7. The van der Waals surface area contributed by atoms with Crippen LogP contribution >= 0.6 is 0 Å². The fourth-order valence-electron chi connectivity index (χ4n) is 2.13. The first kappa shape index (κ1) is 19.7. The molecule has 1 aromatic carbocycles. The molecule has 1 aromatic heterocycles. The molecule has 26 heavy (non-hydrogen) atoms. The van der Waals surface area contributed by atoms with Crippen molar-refractivity contribution < 1.29 is 13.9 Å². The van der Waals surface area contributed by atoms with Gasteiger partial charge in [0.15, 0.2) is 5.96 Å². The average Bonchev–Trinajstić information content (AvgIpc) is 2.65. The number of hydrogen-bond acceptors (Lipinski definition) is 4. The molecule has 0 atom stereocenters. The van der Waals surface area contributed by atoms with Crippen molar-refractivity contribution in [3.8, 4) is 11.6 Å². The first-order valence-corrected chi connectivity index (χ1v) is 8.69. The van der Waals surface area contributed by atoms with E-state index in [-0.39, 0.29) is 5.82 Å². The van der Waals surface area contributed by atoms with E-state index in [9.17, 15) is 4.39 Å². The van der Waals surface area contributed by atoms with Crippen LogP contribution in [0.15, 0.2) is 47.6 Å². The minimum absolute atomic E-state index is 0.304. The lowest BCUT2D eigenvalue weighted by Gasteiger charge is -2.11. The highest BCUT2D eigenvalue weighted by molar-refractivity contribution is 5.79. The molecule has 2 N–H and O–H groups in total. The van der Waals surface area contributed by atoms with Crippen molar-refractivity contribution in [1.82, 2.24) is 15.6 Å². The van der Waals surface area contributed by atoms with E-state index < -0.39 is 0 Å². The zero-order chi connectivity index (χ0) is 18.6. The SMILES string of the molecule is CCNC(=NCc1ccnc(Oc2ccc(F)cc2)c1)NCCOCC. The zero-order valence-corrected chi connectivity index (χ0v) is 15.2. The number of rotatable bonds is 9. The molecule has 0 aliphatic rings. The largest absolute Gasteiger partial charge is 0.439 e.